The second kappa shape index (κ2) is 5.84. The Bertz CT molecular complexity index is 373. The van der Waals surface area contributed by atoms with Crippen molar-refractivity contribution in [3.8, 4) is 6.07 Å². The predicted molar refractivity (Wildman–Crippen MR) is 60.7 cm³/mol. The number of rotatable bonds is 4. The quantitative estimate of drug-likeness (QED) is 0.913. The first kappa shape index (κ1) is 12.2. The maximum absolute atomic E-state index is 12.8. The minimum atomic E-state index is -0.389. The van der Waals surface area contributed by atoms with Crippen molar-refractivity contribution in [2.24, 2.45) is 0 Å². The van der Waals surface area contributed by atoms with Crippen LogP contribution in [0.2, 0.25) is 0 Å². The van der Waals surface area contributed by atoms with Gasteiger partial charge in [-0.15, -0.1) is 0 Å². The van der Waals surface area contributed by atoms with Gasteiger partial charge in [0.25, 0.3) is 0 Å². The number of nitrogens with zero attached hydrogens (tertiary/aromatic N) is 1. The van der Waals surface area contributed by atoms with Crippen LogP contribution in [-0.2, 0) is 0 Å². The van der Waals surface area contributed by atoms with E-state index in [4.69, 9.17) is 5.26 Å². The summed E-state index contributed by atoms with van der Waals surface area (Å²) in [5, 5.41) is 12.1. The fraction of sp³-hybridized carbons (Fsp3) is 0.364. The van der Waals surface area contributed by atoms with Crippen LogP contribution >= 0.6 is 15.9 Å². The molecule has 0 aromatic heterocycles. The molecule has 1 aromatic carbocycles. The van der Waals surface area contributed by atoms with Crippen molar-refractivity contribution in [1.29, 1.82) is 5.26 Å². The molecule has 0 heterocycles. The van der Waals surface area contributed by atoms with Crippen molar-refractivity contribution >= 4 is 15.9 Å². The van der Waals surface area contributed by atoms with Gasteiger partial charge >= 0.3 is 0 Å². The van der Waals surface area contributed by atoms with E-state index in [-0.39, 0.29) is 11.9 Å². The number of halogens is 2. The summed E-state index contributed by atoms with van der Waals surface area (Å²) >= 11 is 3.25. The highest BCUT2D eigenvalue weighted by Crippen LogP contribution is 2.23. The first-order valence-electron chi connectivity index (χ1n) is 4.77. The average molecular weight is 271 g/mol. The SMILES string of the molecule is CCCNC(C#N)c1ccc(F)cc1Br. The molecule has 0 aliphatic carbocycles. The van der Waals surface area contributed by atoms with E-state index in [1.54, 1.807) is 6.07 Å². The Morgan fingerprint density at radius 1 is 1.60 bits per heavy atom. The van der Waals surface area contributed by atoms with E-state index < -0.39 is 0 Å². The number of hydrogen-bond acceptors (Lipinski definition) is 2. The zero-order valence-corrected chi connectivity index (χ0v) is 10.0. The zero-order valence-electron chi connectivity index (χ0n) is 8.43. The summed E-state index contributed by atoms with van der Waals surface area (Å²) in [6, 6.07) is 6.11. The first-order valence-corrected chi connectivity index (χ1v) is 5.56. The van der Waals surface area contributed by atoms with E-state index >= 15 is 0 Å². The molecule has 0 radical (unpaired) electrons. The molecule has 0 bridgehead atoms. The van der Waals surface area contributed by atoms with Gasteiger partial charge in [0.2, 0.25) is 0 Å². The van der Waals surface area contributed by atoms with Crippen LogP contribution < -0.4 is 5.32 Å². The van der Waals surface area contributed by atoms with Crippen LogP contribution in [0.3, 0.4) is 0 Å². The van der Waals surface area contributed by atoms with Crippen LogP contribution in [0.4, 0.5) is 4.39 Å². The van der Waals surface area contributed by atoms with Gasteiger partial charge in [-0.3, -0.25) is 5.32 Å². The van der Waals surface area contributed by atoms with Gasteiger partial charge in [-0.25, -0.2) is 4.39 Å². The van der Waals surface area contributed by atoms with Crippen LogP contribution in [0, 0.1) is 17.1 Å². The lowest BCUT2D eigenvalue weighted by Gasteiger charge is -2.12. The van der Waals surface area contributed by atoms with Crippen molar-refractivity contribution in [2.45, 2.75) is 19.4 Å². The Kier molecular flexibility index (Phi) is 4.73. The summed E-state index contributed by atoms with van der Waals surface area (Å²) in [5.74, 6) is -0.308. The molecule has 1 aromatic rings. The molecule has 0 spiro atoms. The molecule has 0 aliphatic heterocycles. The van der Waals surface area contributed by atoms with E-state index in [9.17, 15) is 4.39 Å². The second-order valence-electron chi connectivity index (χ2n) is 3.18. The minimum Gasteiger partial charge on any atom is -0.298 e. The fourth-order valence-corrected chi connectivity index (χ4v) is 1.83. The normalized spacial score (nSPS) is 12.1. The molecule has 0 aliphatic rings. The highest BCUT2D eigenvalue weighted by atomic mass is 79.9. The van der Waals surface area contributed by atoms with Crippen LogP contribution in [0.25, 0.3) is 0 Å². The lowest BCUT2D eigenvalue weighted by molar-refractivity contribution is 0.607. The maximum atomic E-state index is 12.8. The van der Waals surface area contributed by atoms with Crippen molar-refractivity contribution < 1.29 is 4.39 Å². The van der Waals surface area contributed by atoms with E-state index in [0.29, 0.717) is 4.47 Å². The number of benzene rings is 1. The summed E-state index contributed by atoms with van der Waals surface area (Å²) in [5.41, 5.74) is 0.771. The molecule has 0 fully saturated rings. The molecule has 1 rings (SSSR count). The van der Waals surface area contributed by atoms with Gasteiger partial charge in [0.1, 0.15) is 11.9 Å². The third kappa shape index (κ3) is 3.29. The van der Waals surface area contributed by atoms with Crippen LogP contribution in [0.5, 0.6) is 0 Å². The molecule has 0 saturated heterocycles. The summed E-state index contributed by atoms with van der Waals surface area (Å²) in [6.45, 7) is 2.79. The number of nitriles is 1. The standard InChI is InChI=1S/C11H12BrFN2/c1-2-5-15-11(7-14)9-4-3-8(13)6-10(9)12/h3-4,6,11,15H,2,5H2,1H3. The summed E-state index contributed by atoms with van der Waals surface area (Å²) in [6.07, 6.45) is 0.955. The van der Waals surface area contributed by atoms with Gasteiger partial charge in [-0.1, -0.05) is 28.9 Å². The third-order valence-electron chi connectivity index (χ3n) is 2.00. The predicted octanol–water partition coefficient (Wildman–Crippen LogP) is 3.15. The topological polar surface area (TPSA) is 35.8 Å². The van der Waals surface area contributed by atoms with Crippen molar-refractivity contribution in [1.82, 2.24) is 5.32 Å². The molecule has 4 heteroatoms. The lowest BCUT2D eigenvalue weighted by atomic mass is 10.1. The Morgan fingerprint density at radius 3 is 2.87 bits per heavy atom. The molecule has 1 unspecified atom stereocenters. The van der Waals surface area contributed by atoms with Gasteiger partial charge in [0, 0.05) is 4.47 Å². The maximum Gasteiger partial charge on any atom is 0.124 e. The van der Waals surface area contributed by atoms with Gasteiger partial charge in [0.15, 0.2) is 0 Å². The summed E-state index contributed by atoms with van der Waals surface area (Å²) < 4.78 is 13.5. The molecule has 2 nitrogen and oxygen atoms in total. The Labute approximate surface area is 97.2 Å². The molecule has 80 valence electrons. The van der Waals surface area contributed by atoms with E-state index in [1.807, 2.05) is 6.92 Å². The van der Waals surface area contributed by atoms with Crippen LogP contribution in [0.15, 0.2) is 22.7 Å². The smallest absolute Gasteiger partial charge is 0.124 e. The molecular weight excluding hydrogens is 259 g/mol. The molecule has 15 heavy (non-hydrogen) atoms. The first-order chi connectivity index (χ1) is 7.19. The van der Waals surface area contributed by atoms with Crippen LogP contribution in [0.1, 0.15) is 24.9 Å². The Balaban J connectivity index is 2.88. The fourth-order valence-electron chi connectivity index (χ4n) is 1.25. The largest absolute Gasteiger partial charge is 0.298 e. The van der Waals surface area contributed by atoms with E-state index in [1.165, 1.54) is 12.1 Å². The van der Waals surface area contributed by atoms with Gasteiger partial charge in [-0.05, 0) is 30.7 Å². The second-order valence-corrected chi connectivity index (χ2v) is 4.04. The highest BCUT2D eigenvalue weighted by Gasteiger charge is 2.12. The third-order valence-corrected chi connectivity index (χ3v) is 2.69. The summed E-state index contributed by atoms with van der Waals surface area (Å²) in [7, 11) is 0. The highest BCUT2D eigenvalue weighted by molar-refractivity contribution is 9.10. The van der Waals surface area contributed by atoms with Gasteiger partial charge in [0.05, 0.1) is 6.07 Å². The molecule has 1 atom stereocenters. The average Bonchev–Trinajstić information content (AvgIpc) is 2.21. The number of nitrogens with one attached hydrogen (secondary N) is 1. The monoisotopic (exact) mass is 270 g/mol. The van der Waals surface area contributed by atoms with Crippen molar-refractivity contribution in [3.63, 3.8) is 0 Å². The molecular formula is C11H12BrFN2. The zero-order chi connectivity index (χ0) is 11.3. The molecule has 0 amide bonds. The minimum absolute atomic E-state index is 0.308. The molecule has 0 saturated carbocycles. The van der Waals surface area contributed by atoms with Crippen molar-refractivity contribution in [2.75, 3.05) is 6.54 Å². The Hall–Kier alpha value is -0.920. The van der Waals surface area contributed by atoms with Crippen molar-refractivity contribution in [3.05, 3.63) is 34.1 Å². The Morgan fingerprint density at radius 2 is 2.33 bits per heavy atom. The van der Waals surface area contributed by atoms with Gasteiger partial charge in [-0.2, -0.15) is 5.26 Å². The summed E-state index contributed by atoms with van der Waals surface area (Å²) in [4.78, 5) is 0. The van der Waals surface area contributed by atoms with E-state index in [2.05, 4.69) is 27.3 Å². The van der Waals surface area contributed by atoms with Crippen LogP contribution in [-0.4, -0.2) is 6.54 Å². The number of hydrogen-bond donors (Lipinski definition) is 1. The van der Waals surface area contributed by atoms with Gasteiger partial charge < -0.3 is 0 Å². The lowest BCUT2D eigenvalue weighted by Crippen LogP contribution is -2.21. The van der Waals surface area contributed by atoms with E-state index in [0.717, 1.165) is 18.5 Å². The molecule has 1 N–H and O–H groups in total.